The second-order valence-corrected chi connectivity index (χ2v) is 4.68. The van der Waals surface area contributed by atoms with Crippen LogP contribution in [0.1, 0.15) is 46.5 Å². The molecule has 5 heteroatoms. The molecule has 1 atom stereocenters. The summed E-state index contributed by atoms with van der Waals surface area (Å²) in [5.41, 5.74) is -0.607. The highest BCUT2D eigenvalue weighted by Gasteiger charge is 2.50. The highest BCUT2D eigenvalue weighted by Crippen LogP contribution is 2.40. The van der Waals surface area contributed by atoms with Crippen molar-refractivity contribution in [1.82, 2.24) is 4.90 Å². The molecule has 1 N–H and O–H groups in total. The van der Waals surface area contributed by atoms with Gasteiger partial charge in [-0.1, -0.05) is 13.8 Å². The van der Waals surface area contributed by atoms with E-state index < -0.39 is 17.4 Å². The van der Waals surface area contributed by atoms with Gasteiger partial charge < -0.3 is 5.11 Å². The Balaban J connectivity index is 2.92. The number of amides is 2. The van der Waals surface area contributed by atoms with Gasteiger partial charge in [0.25, 0.3) is 0 Å². The Kier molecular flexibility index (Phi) is 3.91. The summed E-state index contributed by atoms with van der Waals surface area (Å²) in [7, 11) is 0. The highest BCUT2D eigenvalue weighted by atomic mass is 16.4. The first-order chi connectivity index (χ1) is 7.88. The normalized spacial score (nSPS) is 20.8. The lowest BCUT2D eigenvalue weighted by atomic mass is 9.81. The van der Waals surface area contributed by atoms with Crippen LogP contribution in [0.25, 0.3) is 0 Å². The third kappa shape index (κ3) is 2.33. The predicted octanol–water partition coefficient (Wildman–Crippen LogP) is 1.41. The lowest BCUT2D eigenvalue weighted by molar-refractivity contribution is -0.146. The smallest absolute Gasteiger partial charge is 0.305 e. The van der Waals surface area contributed by atoms with Gasteiger partial charge in [-0.05, 0) is 19.8 Å². The van der Waals surface area contributed by atoms with Crippen molar-refractivity contribution in [1.29, 1.82) is 0 Å². The first kappa shape index (κ1) is 13.7. The largest absolute Gasteiger partial charge is 0.481 e. The van der Waals surface area contributed by atoms with Gasteiger partial charge in [0.1, 0.15) is 0 Å². The molecule has 0 bridgehead atoms. The van der Waals surface area contributed by atoms with Crippen molar-refractivity contribution in [2.75, 3.05) is 0 Å². The van der Waals surface area contributed by atoms with Crippen molar-refractivity contribution in [2.24, 2.45) is 5.41 Å². The number of likely N-dealkylation sites (tertiary alicyclic amines) is 1. The van der Waals surface area contributed by atoms with Gasteiger partial charge in [-0.15, -0.1) is 0 Å². The monoisotopic (exact) mass is 241 g/mol. The number of hydrogen-bond donors (Lipinski definition) is 1. The topological polar surface area (TPSA) is 74.7 Å². The molecule has 5 nitrogen and oxygen atoms in total. The molecule has 0 aromatic carbocycles. The van der Waals surface area contributed by atoms with Crippen LogP contribution in [0.5, 0.6) is 0 Å². The van der Waals surface area contributed by atoms with Crippen LogP contribution in [0.2, 0.25) is 0 Å². The Morgan fingerprint density at radius 3 is 2.29 bits per heavy atom. The summed E-state index contributed by atoms with van der Waals surface area (Å²) in [6.45, 7) is 5.38. The van der Waals surface area contributed by atoms with Crippen molar-refractivity contribution in [3.63, 3.8) is 0 Å². The summed E-state index contributed by atoms with van der Waals surface area (Å²) >= 11 is 0. The minimum absolute atomic E-state index is 0.193. The maximum atomic E-state index is 12.2. The fourth-order valence-corrected chi connectivity index (χ4v) is 2.41. The minimum atomic E-state index is -0.997. The van der Waals surface area contributed by atoms with Gasteiger partial charge in [0.2, 0.25) is 11.8 Å². The Labute approximate surface area is 101 Å². The highest BCUT2D eigenvalue weighted by molar-refractivity contribution is 6.06. The second kappa shape index (κ2) is 4.85. The lowest BCUT2D eigenvalue weighted by Gasteiger charge is -2.26. The average molecular weight is 241 g/mol. The van der Waals surface area contributed by atoms with Gasteiger partial charge in [-0.25, -0.2) is 0 Å². The van der Waals surface area contributed by atoms with Crippen molar-refractivity contribution in [3.05, 3.63) is 0 Å². The van der Waals surface area contributed by atoms with E-state index in [0.717, 1.165) is 4.90 Å². The van der Waals surface area contributed by atoms with Gasteiger partial charge in [0.15, 0.2) is 0 Å². The molecule has 0 aromatic heterocycles. The minimum Gasteiger partial charge on any atom is -0.481 e. The summed E-state index contributed by atoms with van der Waals surface area (Å²) < 4.78 is 0. The van der Waals surface area contributed by atoms with E-state index in [1.165, 1.54) is 0 Å². The predicted molar refractivity (Wildman–Crippen MR) is 61.2 cm³/mol. The number of rotatable bonds is 5. The molecule has 96 valence electrons. The van der Waals surface area contributed by atoms with E-state index in [-0.39, 0.29) is 24.7 Å². The number of aliphatic carboxylic acids is 1. The molecule has 1 rings (SSSR count). The summed E-state index contributed by atoms with van der Waals surface area (Å²) in [6, 6.07) is -0.563. The summed E-state index contributed by atoms with van der Waals surface area (Å²) in [5.74, 6) is -1.45. The summed E-state index contributed by atoms with van der Waals surface area (Å²) in [4.78, 5) is 35.9. The van der Waals surface area contributed by atoms with Crippen LogP contribution in [0.4, 0.5) is 0 Å². The summed E-state index contributed by atoms with van der Waals surface area (Å²) in [6.07, 6.45) is 1.25. The molecule has 1 unspecified atom stereocenters. The van der Waals surface area contributed by atoms with Crippen LogP contribution in [0, 0.1) is 5.41 Å². The van der Waals surface area contributed by atoms with E-state index in [1.807, 2.05) is 13.8 Å². The zero-order valence-electron chi connectivity index (χ0n) is 10.5. The van der Waals surface area contributed by atoms with Gasteiger partial charge in [0, 0.05) is 12.5 Å². The molecule has 0 spiro atoms. The van der Waals surface area contributed by atoms with Gasteiger partial charge in [-0.3, -0.25) is 19.3 Å². The number of nitrogens with zero attached hydrogens (tertiary/aromatic N) is 1. The zero-order valence-corrected chi connectivity index (χ0v) is 10.5. The number of hydrogen-bond acceptors (Lipinski definition) is 3. The average Bonchev–Trinajstić information content (AvgIpc) is 2.49. The third-order valence-electron chi connectivity index (χ3n) is 3.70. The molecule has 1 fully saturated rings. The Morgan fingerprint density at radius 1 is 1.41 bits per heavy atom. The molecule has 1 aliphatic rings. The van der Waals surface area contributed by atoms with Crippen LogP contribution < -0.4 is 0 Å². The molecule has 0 saturated carbocycles. The zero-order chi connectivity index (χ0) is 13.2. The van der Waals surface area contributed by atoms with Crippen molar-refractivity contribution >= 4 is 17.8 Å². The standard InChI is InChI=1S/C12H19NO4/c1-4-12(5-2)7-9(14)13(11(12)17)8(3)6-10(15)16/h8H,4-7H2,1-3H3,(H,15,16). The van der Waals surface area contributed by atoms with Crippen molar-refractivity contribution < 1.29 is 19.5 Å². The van der Waals surface area contributed by atoms with E-state index in [9.17, 15) is 14.4 Å². The molecule has 17 heavy (non-hydrogen) atoms. The maximum absolute atomic E-state index is 12.2. The van der Waals surface area contributed by atoms with Gasteiger partial charge in [-0.2, -0.15) is 0 Å². The Hall–Kier alpha value is -1.39. The van der Waals surface area contributed by atoms with Gasteiger partial charge >= 0.3 is 5.97 Å². The van der Waals surface area contributed by atoms with Crippen molar-refractivity contribution in [2.45, 2.75) is 52.5 Å². The maximum Gasteiger partial charge on any atom is 0.305 e. The molecular weight excluding hydrogens is 222 g/mol. The van der Waals surface area contributed by atoms with E-state index in [0.29, 0.717) is 12.8 Å². The summed E-state index contributed by atoms with van der Waals surface area (Å²) in [5, 5.41) is 8.71. The molecule has 0 aliphatic carbocycles. The van der Waals surface area contributed by atoms with E-state index in [2.05, 4.69) is 0 Å². The number of carboxylic acids is 1. The molecule has 1 heterocycles. The van der Waals surface area contributed by atoms with Crippen LogP contribution in [-0.4, -0.2) is 33.8 Å². The molecular formula is C12H19NO4. The van der Waals surface area contributed by atoms with E-state index >= 15 is 0 Å². The fourth-order valence-electron chi connectivity index (χ4n) is 2.41. The molecule has 0 aromatic rings. The van der Waals surface area contributed by atoms with Crippen LogP contribution in [0.3, 0.4) is 0 Å². The second-order valence-electron chi connectivity index (χ2n) is 4.68. The Morgan fingerprint density at radius 2 is 1.94 bits per heavy atom. The van der Waals surface area contributed by atoms with Crippen LogP contribution >= 0.6 is 0 Å². The SMILES string of the molecule is CCC1(CC)CC(=O)N(C(C)CC(=O)O)C1=O. The first-order valence-corrected chi connectivity index (χ1v) is 5.96. The number of imide groups is 1. The van der Waals surface area contributed by atoms with E-state index in [1.54, 1.807) is 6.92 Å². The number of carbonyl (C=O) groups is 3. The molecule has 0 radical (unpaired) electrons. The molecule has 2 amide bonds. The quantitative estimate of drug-likeness (QED) is 0.738. The first-order valence-electron chi connectivity index (χ1n) is 5.96. The fraction of sp³-hybridized carbons (Fsp3) is 0.750. The third-order valence-corrected chi connectivity index (χ3v) is 3.70. The Bertz CT molecular complexity index is 346. The van der Waals surface area contributed by atoms with E-state index in [4.69, 9.17) is 5.11 Å². The van der Waals surface area contributed by atoms with Crippen LogP contribution in [-0.2, 0) is 14.4 Å². The lowest BCUT2D eigenvalue weighted by Crippen LogP contribution is -2.42. The molecule has 1 saturated heterocycles. The van der Waals surface area contributed by atoms with Crippen LogP contribution in [0.15, 0.2) is 0 Å². The van der Waals surface area contributed by atoms with Crippen molar-refractivity contribution in [3.8, 4) is 0 Å². The number of carbonyl (C=O) groups excluding carboxylic acids is 2. The molecule has 1 aliphatic heterocycles. The van der Waals surface area contributed by atoms with Gasteiger partial charge in [0.05, 0.1) is 11.8 Å². The number of carboxylic acid groups (broad SMARTS) is 1.